The van der Waals surface area contributed by atoms with Crippen molar-refractivity contribution >= 4 is 31.8 Å². The highest BCUT2D eigenvalue weighted by Crippen LogP contribution is 2.47. The Labute approximate surface area is 249 Å². The zero-order valence-electron chi connectivity index (χ0n) is 24.4. The van der Waals surface area contributed by atoms with Crippen molar-refractivity contribution in [2.24, 2.45) is 10.9 Å². The summed E-state index contributed by atoms with van der Waals surface area (Å²) < 4.78 is 38.5. The van der Waals surface area contributed by atoms with Crippen molar-refractivity contribution in [3.8, 4) is 5.75 Å². The number of benzene rings is 1. The minimum absolute atomic E-state index is 0.159. The van der Waals surface area contributed by atoms with E-state index in [2.05, 4.69) is 26.9 Å². The number of esters is 1. The lowest BCUT2D eigenvalue weighted by molar-refractivity contribution is -0.146. The molecule has 3 heterocycles. The molecule has 0 aliphatic carbocycles. The first-order valence-electron chi connectivity index (χ1n) is 14.1. The number of hydrogen-bond donors (Lipinski definition) is 4. The van der Waals surface area contributed by atoms with Gasteiger partial charge in [-0.05, 0) is 43.8 Å². The minimum atomic E-state index is -4.28. The number of rotatable bonds is 15. The number of aliphatic hydroxyl groups is 2. The number of nitrogens with one attached hydrogen (secondary N) is 1. The molecule has 0 saturated carbocycles. The van der Waals surface area contributed by atoms with Crippen LogP contribution in [0, 0.1) is 5.92 Å². The number of nitrogen functional groups attached to an aromatic ring is 1. The Morgan fingerprint density at radius 1 is 1.26 bits per heavy atom. The first kappa shape index (κ1) is 32.5. The van der Waals surface area contributed by atoms with Crippen LogP contribution in [0.4, 0.5) is 5.82 Å². The van der Waals surface area contributed by atoms with E-state index in [0.717, 1.165) is 12.8 Å². The number of fused-ring (bicyclic) bond motifs is 1. The number of aliphatic imine (C=N–C) groups is 1. The lowest BCUT2D eigenvalue weighted by Crippen LogP contribution is -2.44. The van der Waals surface area contributed by atoms with Gasteiger partial charge in [0.2, 0.25) is 0 Å². The van der Waals surface area contributed by atoms with Gasteiger partial charge in [0, 0.05) is 0 Å². The number of carbonyl (C=O) groups excluding carboxylic acids is 1. The lowest BCUT2D eigenvalue weighted by atomic mass is 9.91. The molecule has 1 fully saturated rings. The molecule has 4 rings (SSSR count). The average molecular weight is 619 g/mol. The van der Waals surface area contributed by atoms with Crippen molar-refractivity contribution < 1.29 is 38.1 Å². The monoisotopic (exact) mass is 618 g/mol. The fraction of sp³-hybridized carbons (Fsp3) is 0.500. The quantitative estimate of drug-likeness (QED) is 0.111. The number of ether oxygens (including phenoxy) is 2. The molecule has 43 heavy (non-hydrogen) atoms. The van der Waals surface area contributed by atoms with Crippen molar-refractivity contribution in [1.82, 2.24) is 19.7 Å². The number of carbonyl (C=O) groups is 1. The van der Waals surface area contributed by atoms with E-state index in [1.54, 1.807) is 42.5 Å². The normalized spacial score (nSPS) is 24.1. The maximum atomic E-state index is 14.0. The largest absolute Gasteiger partial charge is 0.464 e. The molecule has 15 heteroatoms. The van der Waals surface area contributed by atoms with Gasteiger partial charge in [-0.2, -0.15) is 10.2 Å². The van der Waals surface area contributed by atoms with Gasteiger partial charge in [-0.15, -0.1) is 0 Å². The summed E-state index contributed by atoms with van der Waals surface area (Å²) in [6.45, 7) is 8.62. The molecule has 1 aliphatic rings. The van der Waals surface area contributed by atoms with Crippen LogP contribution in [0.1, 0.15) is 39.3 Å². The topological polar surface area (TPSA) is 192 Å². The Hall–Kier alpha value is -3.39. The SMILES string of the molecule is C=NC[C@@]1(c2ccc3c(N)ncnn23)O[C@H](COP(=O)(N[C@@H](C)C(=O)OCC(CC)CC)Oc2ccccc2)[C@@H](O)[C@H]1O. The van der Waals surface area contributed by atoms with Crippen LogP contribution in [0.2, 0.25) is 0 Å². The van der Waals surface area contributed by atoms with Gasteiger partial charge in [-0.3, -0.25) is 14.3 Å². The van der Waals surface area contributed by atoms with E-state index in [-0.39, 0.29) is 30.6 Å². The van der Waals surface area contributed by atoms with Crippen LogP contribution in [0.25, 0.3) is 5.52 Å². The number of aromatic nitrogens is 3. The van der Waals surface area contributed by atoms with Crippen LogP contribution in [0.3, 0.4) is 0 Å². The van der Waals surface area contributed by atoms with Crippen LogP contribution >= 0.6 is 7.75 Å². The van der Waals surface area contributed by atoms with Crippen molar-refractivity contribution in [1.29, 1.82) is 0 Å². The maximum Gasteiger partial charge on any atom is 0.459 e. The molecular weight excluding hydrogens is 579 g/mol. The van der Waals surface area contributed by atoms with Crippen molar-refractivity contribution in [3.63, 3.8) is 0 Å². The van der Waals surface area contributed by atoms with E-state index in [1.807, 2.05) is 13.8 Å². The van der Waals surface area contributed by atoms with Gasteiger partial charge in [0.25, 0.3) is 0 Å². The van der Waals surface area contributed by atoms with Gasteiger partial charge in [-0.1, -0.05) is 44.9 Å². The van der Waals surface area contributed by atoms with Gasteiger partial charge in [0.05, 0.1) is 25.5 Å². The van der Waals surface area contributed by atoms with Crippen LogP contribution in [-0.2, 0) is 29.0 Å². The molecule has 0 spiro atoms. The summed E-state index contributed by atoms with van der Waals surface area (Å²) in [6, 6.07) is 10.5. The Bertz CT molecular complexity index is 1440. The molecule has 5 N–H and O–H groups in total. The molecule has 6 atom stereocenters. The average Bonchev–Trinajstić information content (AvgIpc) is 3.54. The van der Waals surface area contributed by atoms with Crippen molar-refractivity contribution in [2.45, 2.75) is 63.6 Å². The molecule has 1 saturated heterocycles. The molecule has 1 aliphatic heterocycles. The third kappa shape index (κ3) is 7.06. The minimum Gasteiger partial charge on any atom is -0.464 e. The predicted octanol–water partition coefficient (Wildman–Crippen LogP) is 2.49. The zero-order chi connectivity index (χ0) is 31.2. The highest BCUT2D eigenvalue weighted by atomic mass is 31.2. The van der Waals surface area contributed by atoms with Crippen LogP contribution in [0.5, 0.6) is 5.75 Å². The van der Waals surface area contributed by atoms with E-state index in [1.165, 1.54) is 17.8 Å². The number of nitrogens with two attached hydrogens (primary N) is 1. The van der Waals surface area contributed by atoms with Crippen molar-refractivity contribution in [2.75, 3.05) is 25.5 Å². The van der Waals surface area contributed by atoms with Gasteiger partial charge < -0.3 is 29.9 Å². The molecule has 0 radical (unpaired) electrons. The van der Waals surface area contributed by atoms with Crippen LogP contribution in [0.15, 0.2) is 53.8 Å². The molecule has 14 nitrogen and oxygen atoms in total. The Morgan fingerprint density at radius 2 is 1.98 bits per heavy atom. The fourth-order valence-electron chi connectivity index (χ4n) is 4.91. The first-order valence-corrected chi connectivity index (χ1v) is 15.6. The number of aliphatic hydroxyl groups excluding tert-OH is 2. The smallest absolute Gasteiger partial charge is 0.459 e. The van der Waals surface area contributed by atoms with E-state index >= 15 is 0 Å². The molecule has 1 aromatic carbocycles. The molecular formula is C28H39N6O8P. The van der Waals surface area contributed by atoms with Crippen LogP contribution < -0.4 is 15.3 Å². The second kappa shape index (κ2) is 13.9. The van der Waals surface area contributed by atoms with E-state index < -0.39 is 50.3 Å². The summed E-state index contributed by atoms with van der Waals surface area (Å²) in [6.07, 6.45) is -1.27. The lowest BCUT2D eigenvalue weighted by Gasteiger charge is -2.30. The second-order valence-corrected chi connectivity index (χ2v) is 12.1. The Kier molecular flexibility index (Phi) is 10.5. The summed E-state index contributed by atoms with van der Waals surface area (Å²) in [4.78, 5) is 20.6. The standard InChI is InChI=1S/C28H39N6O8P/c1-5-19(6-2)14-39-27(37)18(3)33-43(38,42-20-10-8-7-9-11-20)40-15-22-24(35)25(36)28(41-22,16-30-4)23-13-12-21-26(29)31-17-32-34(21)23/h7-13,17-19,22,24-25,35-36H,4-6,14-16H2,1-3H3,(H,33,38)(H2,29,31,32)/t18-,22+,24+,25+,28-,43?/m0/s1. The summed E-state index contributed by atoms with van der Waals surface area (Å²) in [5.74, 6) is -0.00459. The fourth-order valence-corrected chi connectivity index (χ4v) is 6.41. The molecule has 234 valence electrons. The number of para-hydroxylation sites is 1. The van der Waals surface area contributed by atoms with Crippen LogP contribution in [-0.4, -0.2) is 81.6 Å². The zero-order valence-corrected chi connectivity index (χ0v) is 25.3. The highest BCUT2D eigenvalue weighted by Gasteiger charge is 2.57. The number of anilines is 1. The number of nitrogens with zero attached hydrogens (tertiary/aromatic N) is 4. The second-order valence-electron chi connectivity index (χ2n) is 10.4. The Balaban J connectivity index is 1.55. The maximum absolute atomic E-state index is 14.0. The summed E-state index contributed by atoms with van der Waals surface area (Å²) in [5, 5.41) is 29.2. The van der Waals surface area contributed by atoms with E-state index in [9.17, 15) is 19.6 Å². The van der Waals surface area contributed by atoms with Gasteiger partial charge in [-0.25, -0.2) is 14.1 Å². The molecule has 1 unspecified atom stereocenters. The molecule has 2 aromatic heterocycles. The van der Waals surface area contributed by atoms with E-state index in [0.29, 0.717) is 11.2 Å². The van der Waals surface area contributed by atoms with Crippen molar-refractivity contribution in [3.05, 3.63) is 54.5 Å². The van der Waals surface area contributed by atoms with Gasteiger partial charge >= 0.3 is 13.7 Å². The summed E-state index contributed by atoms with van der Waals surface area (Å²) in [5.41, 5.74) is 5.17. The third-order valence-corrected chi connectivity index (χ3v) is 9.15. The Morgan fingerprint density at radius 3 is 2.65 bits per heavy atom. The highest BCUT2D eigenvalue weighted by molar-refractivity contribution is 7.52. The van der Waals surface area contributed by atoms with Gasteiger partial charge in [0.1, 0.15) is 41.9 Å². The number of hydrogen-bond acceptors (Lipinski definition) is 12. The summed E-state index contributed by atoms with van der Waals surface area (Å²) in [7, 11) is -4.28. The molecule has 0 bridgehead atoms. The van der Waals surface area contributed by atoms with E-state index in [4.69, 9.17) is 24.3 Å². The summed E-state index contributed by atoms with van der Waals surface area (Å²) >= 11 is 0. The first-order chi connectivity index (χ1) is 20.6. The molecule has 3 aromatic rings. The third-order valence-electron chi connectivity index (χ3n) is 7.50. The molecule has 0 amide bonds. The predicted molar refractivity (Wildman–Crippen MR) is 159 cm³/mol. The van der Waals surface area contributed by atoms with Gasteiger partial charge in [0.15, 0.2) is 11.4 Å².